The zero-order valence-corrected chi connectivity index (χ0v) is 34.5. The molecule has 1 atom stereocenters. The van der Waals surface area contributed by atoms with Gasteiger partial charge < -0.3 is 4.57 Å². The van der Waals surface area contributed by atoms with E-state index >= 15 is 0 Å². The fraction of sp³-hybridized carbons (Fsp3) is 0.0351. The molecule has 292 valence electrons. The van der Waals surface area contributed by atoms with Gasteiger partial charge in [-0.05, 0) is 82.8 Å². The highest BCUT2D eigenvalue weighted by Gasteiger charge is 2.29. The van der Waals surface area contributed by atoms with Crippen LogP contribution >= 0.6 is 11.3 Å². The van der Waals surface area contributed by atoms with Crippen molar-refractivity contribution >= 4 is 64.5 Å². The van der Waals surface area contributed by atoms with Crippen molar-refractivity contribution in [3.05, 3.63) is 229 Å². The number of nitrogens with zero attached hydrogens (tertiary/aromatic N) is 4. The number of rotatable bonds is 7. The van der Waals surface area contributed by atoms with Crippen molar-refractivity contribution in [3.8, 4) is 39.6 Å². The summed E-state index contributed by atoms with van der Waals surface area (Å²) >= 11 is 1.88. The Hall–Kier alpha value is -7.73. The molecule has 3 heterocycles. The van der Waals surface area contributed by atoms with Gasteiger partial charge in [0.2, 0.25) is 0 Å². The number of benzene rings is 8. The quantitative estimate of drug-likeness (QED) is 0.161. The largest absolute Gasteiger partial charge is 0.309 e. The Morgan fingerprint density at radius 1 is 0.435 bits per heavy atom. The van der Waals surface area contributed by atoms with Crippen LogP contribution in [0.15, 0.2) is 212 Å². The zero-order chi connectivity index (χ0) is 41.0. The maximum absolute atomic E-state index is 5.36. The first-order chi connectivity index (χ1) is 30.7. The van der Waals surface area contributed by atoms with E-state index in [2.05, 4.69) is 181 Å². The van der Waals surface area contributed by atoms with Gasteiger partial charge in [-0.2, -0.15) is 0 Å². The van der Waals surface area contributed by atoms with Crippen LogP contribution in [-0.2, 0) is 0 Å². The molecule has 8 aromatic carbocycles. The lowest BCUT2D eigenvalue weighted by molar-refractivity contribution is 0.863. The van der Waals surface area contributed by atoms with Gasteiger partial charge >= 0.3 is 0 Å². The third-order valence-electron chi connectivity index (χ3n) is 12.2. The smallest absolute Gasteiger partial charge is 0.164 e. The first-order valence-electron chi connectivity index (χ1n) is 21.1. The molecule has 0 bridgehead atoms. The van der Waals surface area contributed by atoms with Crippen LogP contribution in [0, 0.1) is 0 Å². The lowest BCUT2D eigenvalue weighted by Gasteiger charge is -2.25. The molecule has 12 rings (SSSR count). The summed E-state index contributed by atoms with van der Waals surface area (Å²) in [5, 5.41) is 5.14. The van der Waals surface area contributed by atoms with Crippen LogP contribution in [0.3, 0.4) is 0 Å². The predicted molar refractivity (Wildman–Crippen MR) is 260 cm³/mol. The first-order valence-corrected chi connectivity index (χ1v) is 21.9. The van der Waals surface area contributed by atoms with Gasteiger partial charge in [-0.25, -0.2) is 15.0 Å². The van der Waals surface area contributed by atoms with Crippen LogP contribution in [0.5, 0.6) is 0 Å². The number of aromatic nitrogens is 4. The number of hydrogen-bond acceptors (Lipinski definition) is 4. The molecule has 4 nitrogen and oxygen atoms in total. The summed E-state index contributed by atoms with van der Waals surface area (Å²) in [6, 6.07) is 71.1. The van der Waals surface area contributed by atoms with Gasteiger partial charge in [0, 0.05) is 59.3 Å². The number of hydrogen-bond donors (Lipinski definition) is 0. The van der Waals surface area contributed by atoms with Gasteiger partial charge in [-0.1, -0.05) is 164 Å². The van der Waals surface area contributed by atoms with E-state index in [0.717, 1.165) is 39.9 Å². The second-order valence-corrected chi connectivity index (χ2v) is 17.0. The standard InChI is InChI=1S/C57H38N4S/c1-5-17-37(18-6-1)40-23-15-24-41(35-40)42-31-32-44(47(36-42)57-59-55(38-19-7-2-8-20-38)58-56(60-57)39-21-9-3-10-22-39)45-28-16-30-50-53(45)54-51(62-50)34-33-49-52(54)46-27-13-14-29-48(46)61(49)43-25-11-4-12-26-43/h1-31,33-36,44H,32H2. The molecule has 0 N–H and O–H groups in total. The van der Waals surface area contributed by atoms with Gasteiger partial charge in [-0.15, -0.1) is 11.3 Å². The third kappa shape index (κ3) is 6.17. The minimum atomic E-state index is -0.0371. The fourth-order valence-corrected chi connectivity index (χ4v) is 10.5. The number of para-hydroxylation sites is 2. The van der Waals surface area contributed by atoms with Crippen LogP contribution in [0.1, 0.15) is 29.3 Å². The summed E-state index contributed by atoms with van der Waals surface area (Å²) in [7, 11) is 0. The highest BCUT2D eigenvalue weighted by Crippen LogP contribution is 2.49. The Bertz CT molecular complexity index is 3470. The Balaban J connectivity index is 1.11. The zero-order valence-electron chi connectivity index (χ0n) is 33.7. The topological polar surface area (TPSA) is 43.6 Å². The van der Waals surface area contributed by atoms with E-state index in [1.165, 1.54) is 58.7 Å². The summed E-state index contributed by atoms with van der Waals surface area (Å²) in [6.45, 7) is 0. The Morgan fingerprint density at radius 3 is 1.74 bits per heavy atom. The molecule has 0 saturated heterocycles. The van der Waals surface area contributed by atoms with Crippen molar-refractivity contribution in [2.24, 2.45) is 0 Å². The van der Waals surface area contributed by atoms with Crippen LogP contribution in [0.2, 0.25) is 0 Å². The second kappa shape index (κ2) is 15.1. The molecule has 5 heteroatoms. The van der Waals surface area contributed by atoms with Gasteiger partial charge in [0.25, 0.3) is 0 Å². The highest BCUT2D eigenvalue weighted by atomic mass is 32.1. The van der Waals surface area contributed by atoms with Crippen molar-refractivity contribution in [1.82, 2.24) is 19.5 Å². The molecule has 0 aliphatic heterocycles. The molecule has 0 spiro atoms. The molecule has 62 heavy (non-hydrogen) atoms. The monoisotopic (exact) mass is 810 g/mol. The molecule has 1 unspecified atom stereocenters. The van der Waals surface area contributed by atoms with Crippen LogP contribution in [0.4, 0.5) is 0 Å². The van der Waals surface area contributed by atoms with E-state index < -0.39 is 0 Å². The van der Waals surface area contributed by atoms with Crippen molar-refractivity contribution in [2.75, 3.05) is 0 Å². The molecule has 11 aromatic rings. The highest BCUT2D eigenvalue weighted by molar-refractivity contribution is 7.26. The van der Waals surface area contributed by atoms with Crippen molar-refractivity contribution in [2.45, 2.75) is 12.3 Å². The van der Waals surface area contributed by atoms with Crippen molar-refractivity contribution < 1.29 is 0 Å². The molecule has 0 fully saturated rings. The second-order valence-electron chi connectivity index (χ2n) is 15.9. The molecule has 0 amide bonds. The maximum atomic E-state index is 5.36. The van der Waals surface area contributed by atoms with Gasteiger partial charge in [-0.3, -0.25) is 0 Å². The molecular weight excluding hydrogens is 773 g/mol. The van der Waals surface area contributed by atoms with E-state index in [9.17, 15) is 0 Å². The van der Waals surface area contributed by atoms with E-state index in [1.54, 1.807) is 0 Å². The summed E-state index contributed by atoms with van der Waals surface area (Å²) < 4.78 is 4.97. The van der Waals surface area contributed by atoms with Crippen LogP contribution in [-0.4, -0.2) is 19.5 Å². The minimum Gasteiger partial charge on any atom is -0.309 e. The number of fused-ring (bicyclic) bond motifs is 7. The summed E-state index contributed by atoms with van der Waals surface area (Å²) in [5.41, 5.74) is 12.5. The lowest BCUT2D eigenvalue weighted by Crippen LogP contribution is -2.11. The minimum absolute atomic E-state index is 0.0371. The molecule has 0 saturated carbocycles. The summed E-state index contributed by atoms with van der Waals surface area (Å²) in [6.07, 6.45) is 5.54. The average molecular weight is 811 g/mol. The number of allylic oxidation sites excluding steroid dienone is 4. The Kier molecular flexibility index (Phi) is 8.79. The van der Waals surface area contributed by atoms with Crippen molar-refractivity contribution in [3.63, 3.8) is 0 Å². The molecule has 1 aliphatic carbocycles. The molecule has 3 aromatic heterocycles. The molecular formula is C57H38N4S. The van der Waals surface area contributed by atoms with Gasteiger partial charge in [0.1, 0.15) is 0 Å². The van der Waals surface area contributed by atoms with Gasteiger partial charge in [0.15, 0.2) is 17.5 Å². The third-order valence-corrected chi connectivity index (χ3v) is 13.4. The molecule has 0 radical (unpaired) electrons. The van der Waals surface area contributed by atoms with Crippen LogP contribution < -0.4 is 0 Å². The fourth-order valence-electron chi connectivity index (χ4n) is 9.40. The lowest BCUT2D eigenvalue weighted by atomic mass is 9.79. The summed E-state index contributed by atoms with van der Waals surface area (Å²) in [5.74, 6) is 1.97. The Morgan fingerprint density at radius 2 is 1.02 bits per heavy atom. The van der Waals surface area contributed by atoms with E-state index in [1.807, 2.05) is 47.7 Å². The normalized spacial score (nSPS) is 14.1. The van der Waals surface area contributed by atoms with E-state index in [-0.39, 0.29) is 5.92 Å². The Labute approximate surface area is 363 Å². The first kappa shape index (κ1) is 36.1. The van der Waals surface area contributed by atoms with E-state index in [4.69, 9.17) is 15.0 Å². The predicted octanol–water partition coefficient (Wildman–Crippen LogP) is 15.0. The van der Waals surface area contributed by atoms with Crippen molar-refractivity contribution in [1.29, 1.82) is 0 Å². The SMILES string of the molecule is C1=C(c2cccc(-c3ccccc3)c2)C=C(c2nc(-c3ccccc3)nc(-c3ccccc3)n2)C(c2cccc3sc4ccc5c(c6ccccc6n5-c5ccccc5)c4c23)C1. The molecule has 1 aliphatic rings. The van der Waals surface area contributed by atoms with Crippen LogP contribution in [0.25, 0.3) is 92.7 Å². The van der Waals surface area contributed by atoms with E-state index in [0.29, 0.717) is 17.5 Å². The summed E-state index contributed by atoms with van der Waals surface area (Å²) in [4.78, 5) is 15.8. The number of thiophene rings is 1. The average Bonchev–Trinajstić information content (AvgIpc) is 3.91. The maximum Gasteiger partial charge on any atom is 0.164 e. The van der Waals surface area contributed by atoms with Gasteiger partial charge in [0.05, 0.1) is 11.0 Å².